The van der Waals surface area contributed by atoms with Crippen LogP contribution in [0.1, 0.15) is 33.1 Å². The van der Waals surface area contributed by atoms with E-state index >= 15 is 0 Å². The largest absolute Gasteiger partial charge is 0.463 e. The van der Waals surface area contributed by atoms with E-state index in [0.29, 0.717) is 37.5 Å². The number of nitrogens with zero attached hydrogens (tertiary/aromatic N) is 3. The molecule has 1 fully saturated rings. The van der Waals surface area contributed by atoms with Crippen LogP contribution in [0.2, 0.25) is 0 Å². The zero-order chi connectivity index (χ0) is 15.1. The Morgan fingerprint density at radius 2 is 2.05 bits per heavy atom. The highest BCUT2D eigenvalue weighted by Gasteiger charge is 2.22. The lowest BCUT2D eigenvalue weighted by Gasteiger charge is -2.13. The number of hydrogen-bond donors (Lipinski definition) is 3. The summed E-state index contributed by atoms with van der Waals surface area (Å²) in [5, 5.41) is 9.03. The molecule has 1 saturated heterocycles. The molecule has 1 aromatic heterocycles. The normalized spacial score (nSPS) is 17.4. The summed E-state index contributed by atoms with van der Waals surface area (Å²) in [6.07, 6.45) is 2.28. The Balaban J connectivity index is 2.07. The van der Waals surface area contributed by atoms with Gasteiger partial charge in [-0.15, -0.1) is 0 Å². The number of hydrogen-bond acceptors (Lipinski definition) is 7. The number of rotatable bonds is 8. The van der Waals surface area contributed by atoms with Crippen molar-refractivity contribution < 1.29 is 9.53 Å². The highest BCUT2D eigenvalue weighted by Crippen LogP contribution is 2.14. The fraction of sp³-hybridized carbons (Fsp3) is 0.692. The lowest BCUT2D eigenvalue weighted by atomic mass is 10.3. The van der Waals surface area contributed by atoms with Crippen molar-refractivity contribution in [2.24, 2.45) is 0 Å². The summed E-state index contributed by atoms with van der Waals surface area (Å²) in [4.78, 5) is 24.0. The SMILES string of the molecule is CCCNc1nc(NC2CNC(=O)C2)nc(OCCC)n1. The molecule has 0 spiro atoms. The second-order valence-corrected chi connectivity index (χ2v) is 4.89. The van der Waals surface area contributed by atoms with Gasteiger partial charge in [0.2, 0.25) is 17.8 Å². The van der Waals surface area contributed by atoms with Crippen LogP contribution >= 0.6 is 0 Å². The molecule has 1 atom stereocenters. The molecule has 8 nitrogen and oxygen atoms in total. The van der Waals surface area contributed by atoms with Gasteiger partial charge in [0.15, 0.2) is 0 Å². The van der Waals surface area contributed by atoms with Gasteiger partial charge in [0.1, 0.15) is 0 Å². The van der Waals surface area contributed by atoms with Gasteiger partial charge in [-0.2, -0.15) is 15.0 Å². The first-order valence-electron chi connectivity index (χ1n) is 7.37. The average molecular weight is 294 g/mol. The third-order valence-electron chi connectivity index (χ3n) is 2.89. The van der Waals surface area contributed by atoms with Crippen molar-refractivity contribution in [2.75, 3.05) is 30.3 Å². The quantitative estimate of drug-likeness (QED) is 0.651. The van der Waals surface area contributed by atoms with E-state index < -0.39 is 0 Å². The van der Waals surface area contributed by atoms with Gasteiger partial charge in [-0.3, -0.25) is 4.79 Å². The predicted octanol–water partition coefficient (Wildman–Crippen LogP) is 0.783. The fourth-order valence-corrected chi connectivity index (χ4v) is 1.88. The van der Waals surface area contributed by atoms with Crippen LogP contribution in [0.3, 0.4) is 0 Å². The highest BCUT2D eigenvalue weighted by atomic mass is 16.5. The molecule has 2 heterocycles. The molecule has 1 unspecified atom stereocenters. The number of nitrogens with one attached hydrogen (secondary N) is 3. The second-order valence-electron chi connectivity index (χ2n) is 4.89. The number of aromatic nitrogens is 3. The highest BCUT2D eigenvalue weighted by molar-refractivity contribution is 5.79. The Morgan fingerprint density at radius 1 is 1.24 bits per heavy atom. The molecule has 2 rings (SSSR count). The predicted molar refractivity (Wildman–Crippen MR) is 79.4 cm³/mol. The van der Waals surface area contributed by atoms with Gasteiger partial charge in [-0.25, -0.2) is 0 Å². The van der Waals surface area contributed by atoms with E-state index in [-0.39, 0.29) is 11.9 Å². The molecule has 0 radical (unpaired) electrons. The van der Waals surface area contributed by atoms with Crippen molar-refractivity contribution >= 4 is 17.8 Å². The summed E-state index contributed by atoms with van der Waals surface area (Å²) >= 11 is 0. The molecule has 1 amide bonds. The van der Waals surface area contributed by atoms with E-state index in [2.05, 4.69) is 37.8 Å². The van der Waals surface area contributed by atoms with E-state index in [9.17, 15) is 4.79 Å². The zero-order valence-electron chi connectivity index (χ0n) is 12.5. The zero-order valence-corrected chi connectivity index (χ0v) is 12.5. The van der Waals surface area contributed by atoms with Crippen LogP contribution in [-0.4, -0.2) is 46.6 Å². The van der Waals surface area contributed by atoms with Crippen LogP contribution < -0.4 is 20.7 Å². The molecule has 0 aromatic carbocycles. The maximum atomic E-state index is 11.2. The average Bonchev–Trinajstić information content (AvgIpc) is 2.88. The first-order valence-corrected chi connectivity index (χ1v) is 7.37. The summed E-state index contributed by atoms with van der Waals surface area (Å²) in [7, 11) is 0. The van der Waals surface area contributed by atoms with Crippen LogP contribution in [0, 0.1) is 0 Å². The van der Waals surface area contributed by atoms with Crippen molar-refractivity contribution in [3.8, 4) is 6.01 Å². The third-order valence-corrected chi connectivity index (χ3v) is 2.89. The molecule has 116 valence electrons. The van der Waals surface area contributed by atoms with Gasteiger partial charge in [0.25, 0.3) is 0 Å². The number of ether oxygens (including phenoxy) is 1. The van der Waals surface area contributed by atoms with Gasteiger partial charge in [-0.1, -0.05) is 13.8 Å². The lowest BCUT2D eigenvalue weighted by Crippen LogP contribution is -2.24. The second kappa shape index (κ2) is 7.61. The fourth-order valence-electron chi connectivity index (χ4n) is 1.88. The molecule has 1 aliphatic heterocycles. The van der Waals surface area contributed by atoms with Gasteiger partial charge in [0.05, 0.1) is 12.6 Å². The van der Waals surface area contributed by atoms with E-state index in [0.717, 1.165) is 19.4 Å². The Kier molecular flexibility index (Phi) is 5.53. The minimum atomic E-state index is -0.00190. The van der Waals surface area contributed by atoms with Gasteiger partial charge < -0.3 is 20.7 Å². The molecule has 8 heteroatoms. The molecule has 0 bridgehead atoms. The summed E-state index contributed by atoms with van der Waals surface area (Å²) in [5.74, 6) is 0.947. The van der Waals surface area contributed by atoms with Gasteiger partial charge in [0, 0.05) is 19.5 Å². The number of carbonyl (C=O) groups is 1. The van der Waals surface area contributed by atoms with Crippen molar-refractivity contribution in [2.45, 2.75) is 39.2 Å². The molecular formula is C13H22N6O2. The number of anilines is 2. The van der Waals surface area contributed by atoms with Crippen LogP contribution in [0.15, 0.2) is 0 Å². The van der Waals surface area contributed by atoms with Crippen molar-refractivity contribution in [3.63, 3.8) is 0 Å². The maximum Gasteiger partial charge on any atom is 0.323 e. The summed E-state index contributed by atoms with van der Waals surface area (Å²) in [6.45, 7) is 6.00. The molecule has 21 heavy (non-hydrogen) atoms. The van der Waals surface area contributed by atoms with Crippen LogP contribution in [0.25, 0.3) is 0 Å². The van der Waals surface area contributed by atoms with E-state index in [1.54, 1.807) is 0 Å². The first-order chi connectivity index (χ1) is 10.2. The molecular weight excluding hydrogens is 272 g/mol. The minimum Gasteiger partial charge on any atom is -0.463 e. The van der Waals surface area contributed by atoms with Crippen LogP contribution in [0.5, 0.6) is 6.01 Å². The Bertz CT molecular complexity index is 455. The molecule has 1 aliphatic rings. The molecule has 1 aromatic rings. The molecule has 3 N–H and O–H groups in total. The van der Waals surface area contributed by atoms with E-state index in [1.807, 2.05) is 6.92 Å². The molecule has 0 saturated carbocycles. The topological polar surface area (TPSA) is 101 Å². The Hall–Kier alpha value is -2.12. The summed E-state index contributed by atoms with van der Waals surface area (Å²) in [5.41, 5.74) is 0. The maximum absolute atomic E-state index is 11.2. The number of amides is 1. The smallest absolute Gasteiger partial charge is 0.323 e. The number of carbonyl (C=O) groups excluding carboxylic acids is 1. The van der Waals surface area contributed by atoms with Crippen LogP contribution in [0.4, 0.5) is 11.9 Å². The lowest BCUT2D eigenvalue weighted by molar-refractivity contribution is -0.119. The van der Waals surface area contributed by atoms with Crippen molar-refractivity contribution in [1.82, 2.24) is 20.3 Å². The van der Waals surface area contributed by atoms with Gasteiger partial charge >= 0.3 is 6.01 Å². The summed E-state index contributed by atoms with van der Waals surface area (Å²) < 4.78 is 5.48. The summed E-state index contributed by atoms with van der Waals surface area (Å²) in [6, 6.07) is 0.295. The van der Waals surface area contributed by atoms with E-state index in [4.69, 9.17) is 4.74 Å². The standard InChI is InChI=1S/C13H22N6O2/c1-3-5-14-11-17-12(16-9-7-10(20)15-8-9)19-13(18-11)21-6-4-2/h9H,3-8H2,1-2H3,(H,15,20)(H2,14,16,17,18,19). The van der Waals surface area contributed by atoms with Gasteiger partial charge in [-0.05, 0) is 12.8 Å². The van der Waals surface area contributed by atoms with E-state index in [1.165, 1.54) is 0 Å². The minimum absolute atomic E-state index is 0.00190. The first kappa shape index (κ1) is 15.3. The van der Waals surface area contributed by atoms with Crippen molar-refractivity contribution in [1.29, 1.82) is 0 Å². The molecule has 0 aliphatic carbocycles. The Labute approximate surface area is 124 Å². The monoisotopic (exact) mass is 294 g/mol. The van der Waals surface area contributed by atoms with Crippen molar-refractivity contribution in [3.05, 3.63) is 0 Å². The Morgan fingerprint density at radius 3 is 2.71 bits per heavy atom. The van der Waals surface area contributed by atoms with Crippen LogP contribution in [-0.2, 0) is 4.79 Å². The third kappa shape index (κ3) is 4.73.